The van der Waals surface area contributed by atoms with E-state index in [1.54, 1.807) is 39.0 Å². The molecule has 0 heterocycles. The number of hydrogen-bond donors (Lipinski definition) is 2. The van der Waals surface area contributed by atoms with Gasteiger partial charge < -0.3 is 14.6 Å². The second kappa shape index (κ2) is 5.51. The zero-order chi connectivity index (χ0) is 16.5. The van der Waals surface area contributed by atoms with Gasteiger partial charge in [0.2, 0.25) is 0 Å². The Labute approximate surface area is 129 Å². The summed E-state index contributed by atoms with van der Waals surface area (Å²) in [4.78, 5) is 23.5. The van der Waals surface area contributed by atoms with E-state index in [0.717, 1.165) is 0 Å². The average molecular weight is 307 g/mol. The molecule has 1 amide bonds. The number of anilines is 1. The Bertz CT molecular complexity index is 599. The number of nitrogens with one attached hydrogen (secondary N) is 1. The molecule has 6 heteroatoms. The van der Waals surface area contributed by atoms with Gasteiger partial charge in [-0.15, -0.1) is 0 Å². The van der Waals surface area contributed by atoms with Crippen molar-refractivity contribution in [3.05, 3.63) is 23.8 Å². The Morgan fingerprint density at radius 3 is 2.36 bits per heavy atom. The second-order valence-electron chi connectivity index (χ2n) is 6.43. The van der Waals surface area contributed by atoms with Crippen LogP contribution in [0.15, 0.2) is 18.2 Å². The van der Waals surface area contributed by atoms with E-state index in [1.165, 1.54) is 7.11 Å². The number of amides is 1. The fourth-order valence-corrected chi connectivity index (χ4v) is 2.29. The van der Waals surface area contributed by atoms with Crippen LogP contribution in [0.3, 0.4) is 0 Å². The van der Waals surface area contributed by atoms with Crippen molar-refractivity contribution in [2.24, 2.45) is 0 Å². The molecule has 0 unspecified atom stereocenters. The summed E-state index contributed by atoms with van der Waals surface area (Å²) in [5, 5.41) is 12.1. The standard InChI is InChI=1S/C16H21NO5/c1-15(2,3)22-14(20)17-12-6-5-10(21-4)9-11(12)16(7-8-16)13(18)19/h5-6,9H,7-8H2,1-4H3,(H,17,20)(H,18,19). The van der Waals surface area contributed by atoms with Crippen molar-refractivity contribution < 1.29 is 24.2 Å². The Kier molecular flexibility index (Phi) is 4.04. The molecule has 1 saturated carbocycles. The summed E-state index contributed by atoms with van der Waals surface area (Å²) >= 11 is 0. The molecule has 1 aliphatic carbocycles. The van der Waals surface area contributed by atoms with Crippen LogP contribution in [-0.4, -0.2) is 29.9 Å². The van der Waals surface area contributed by atoms with E-state index in [4.69, 9.17) is 9.47 Å². The summed E-state index contributed by atoms with van der Waals surface area (Å²) in [6, 6.07) is 4.98. The van der Waals surface area contributed by atoms with Crippen LogP contribution >= 0.6 is 0 Å². The molecule has 120 valence electrons. The van der Waals surface area contributed by atoms with Gasteiger partial charge in [-0.1, -0.05) is 0 Å². The van der Waals surface area contributed by atoms with Gasteiger partial charge in [-0.2, -0.15) is 0 Å². The van der Waals surface area contributed by atoms with Gasteiger partial charge >= 0.3 is 12.1 Å². The summed E-state index contributed by atoms with van der Waals surface area (Å²) in [7, 11) is 1.51. The minimum absolute atomic E-state index is 0.440. The van der Waals surface area contributed by atoms with Gasteiger partial charge in [0.25, 0.3) is 0 Å². The normalized spacial score (nSPS) is 15.8. The first-order valence-electron chi connectivity index (χ1n) is 7.10. The van der Waals surface area contributed by atoms with E-state index in [9.17, 15) is 14.7 Å². The number of methoxy groups -OCH3 is 1. The molecule has 1 aromatic carbocycles. The van der Waals surface area contributed by atoms with E-state index in [1.807, 2.05) is 0 Å². The Morgan fingerprint density at radius 2 is 1.91 bits per heavy atom. The molecular formula is C16H21NO5. The molecular weight excluding hydrogens is 286 g/mol. The quantitative estimate of drug-likeness (QED) is 0.892. The first-order chi connectivity index (χ1) is 10.2. The van der Waals surface area contributed by atoms with E-state index in [-0.39, 0.29) is 0 Å². The van der Waals surface area contributed by atoms with E-state index in [0.29, 0.717) is 29.8 Å². The zero-order valence-electron chi connectivity index (χ0n) is 13.2. The molecule has 1 aromatic rings. The predicted octanol–water partition coefficient (Wildman–Crippen LogP) is 3.16. The largest absolute Gasteiger partial charge is 0.497 e. The maximum Gasteiger partial charge on any atom is 0.412 e. The van der Waals surface area contributed by atoms with E-state index in [2.05, 4.69) is 5.32 Å². The highest BCUT2D eigenvalue weighted by Gasteiger charge is 2.53. The van der Waals surface area contributed by atoms with Crippen LogP contribution in [0.5, 0.6) is 5.75 Å². The highest BCUT2D eigenvalue weighted by molar-refractivity contribution is 5.92. The number of carbonyl (C=O) groups excluding carboxylic acids is 1. The Balaban J connectivity index is 2.32. The number of carbonyl (C=O) groups is 2. The maximum atomic E-state index is 11.9. The summed E-state index contributed by atoms with van der Waals surface area (Å²) in [6.07, 6.45) is 0.469. The van der Waals surface area contributed by atoms with Gasteiger partial charge in [-0.3, -0.25) is 10.1 Å². The Hall–Kier alpha value is -2.24. The molecule has 0 saturated heterocycles. The summed E-state index contributed by atoms with van der Waals surface area (Å²) in [6.45, 7) is 5.30. The van der Waals surface area contributed by atoms with Crippen LogP contribution < -0.4 is 10.1 Å². The summed E-state index contributed by atoms with van der Waals surface area (Å²) in [5.74, 6) is -0.342. The van der Waals surface area contributed by atoms with Crippen LogP contribution in [0.4, 0.5) is 10.5 Å². The van der Waals surface area contributed by atoms with Crippen molar-refractivity contribution in [1.29, 1.82) is 0 Å². The molecule has 22 heavy (non-hydrogen) atoms. The fourth-order valence-electron chi connectivity index (χ4n) is 2.29. The molecule has 0 spiro atoms. The van der Waals surface area contributed by atoms with Gasteiger partial charge in [0, 0.05) is 5.69 Å². The summed E-state index contributed by atoms with van der Waals surface area (Å²) in [5.41, 5.74) is -0.584. The number of ether oxygens (including phenoxy) is 2. The van der Waals surface area contributed by atoms with Crippen molar-refractivity contribution in [3.63, 3.8) is 0 Å². The molecule has 0 radical (unpaired) electrons. The van der Waals surface area contributed by atoms with E-state index >= 15 is 0 Å². The number of aliphatic carboxylic acids is 1. The lowest BCUT2D eigenvalue weighted by atomic mass is 9.94. The third-order valence-corrected chi connectivity index (χ3v) is 3.54. The molecule has 0 aromatic heterocycles. The van der Waals surface area contributed by atoms with Crippen molar-refractivity contribution in [2.45, 2.75) is 44.6 Å². The van der Waals surface area contributed by atoms with Crippen LogP contribution in [0.25, 0.3) is 0 Å². The van der Waals surface area contributed by atoms with Crippen LogP contribution in [-0.2, 0) is 14.9 Å². The van der Waals surface area contributed by atoms with Crippen LogP contribution in [0.2, 0.25) is 0 Å². The Morgan fingerprint density at radius 1 is 1.27 bits per heavy atom. The van der Waals surface area contributed by atoms with Crippen LogP contribution in [0, 0.1) is 0 Å². The van der Waals surface area contributed by atoms with Crippen molar-refractivity contribution >= 4 is 17.7 Å². The summed E-state index contributed by atoms with van der Waals surface area (Å²) < 4.78 is 10.4. The maximum absolute atomic E-state index is 11.9. The molecule has 2 N–H and O–H groups in total. The topological polar surface area (TPSA) is 84.9 Å². The molecule has 1 aliphatic rings. The first kappa shape index (κ1) is 16.1. The van der Waals surface area contributed by atoms with Crippen molar-refractivity contribution in [1.82, 2.24) is 0 Å². The van der Waals surface area contributed by atoms with Gasteiger partial charge in [-0.25, -0.2) is 4.79 Å². The lowest BCUT2D eigenvalue weighted by Crippen LogP contribution is -2.28. The van der Waals surface area contributed by atoms with Gasteiger partial charge in [0.15, 0.2) is 0 Å². The highest BCUT2D eigenvalue weighted by Crippen LogP contribution is 2.51. The fraction of sp³-hybridized carbons (Fsp3) is 0.500. The smallest absolute Gasteiger partial charge is 0.412 e. The lowest BCUT2D eigenvalue weighted by molar-refractivity contribution is -0.140. The minimum Gasteiger partial charge on any atom is -0.497 e. The number of benzene rings is 1. The molecule has 1 fully saturated rings. The van der Waals surface area contributed by atoms with Crippen molar-refractivity contribution in [3.8, 4) is 5.75 Å². The zero-order valence-corrected chi connectivity index (χ0v) is 13.2. The average Bonchev–Trinajstić information content (AvgIpc) is 3.18. The van der Waals surface area contributed by atoms with Crippen LogP contribution in [0.1, 0.15) is 39.2 Å². The SMILES string of the molecule is COc1ccc(NC(=O)OC(C)(C)C)c(C2(C(=O)O)CC2)c1. The molecule has 0 aliphatic heterocycles. The third kappa shape index (κ3) is 3.32. The van der Waals surface area contributed by atoms with Gasteiger partial charge in [0.05, 0.1) is 12.5 Å². The molecule has 0 atom stereocenters. The first-order valence-corrected chi connectivity index (χ1v) is 7.10. The third-order valence-electron chi connectivity index (χ3n) is 3.54. The highest BCUT2D eigenvalue weighted by atomic mass is 16.6. The predicted molar refractivity (Wildman–Crippen MR) is 81.4 cm³/mol. The molecule has 0 bridgehead atoms. The van der Waals surface area contributed by atoms with E-state index < -0.39 is 23.1 Å². The number of rotatable bonds is 4. The molecule has 2 rings (SSSR count). The molecule has 6 nitrogen and oxygen atoms in total. The monoisotopic (exact) mass is 307 g/mol. The minimum atomic E-state index is -0.946. The van der Waals surface area contributed by atoms with Crippen molar-refractivity contribution in [2.75, 3.05) is 12.4 Å². The lowest BCUT2D eigenvalue weighted by Gasteiger charge is -2.22. The number of hydrogen-bond acceptors (Lipinski definition) is 4. The number of carboxylic acid groups (broad SMARTS) is 1. The van der Waals surface area contributed by atoms with Gasteiger partial charge in [0.1, 0.15) is 11.4 Å². The second-order valence-corrected chi connectivity index (χ2v) is 6.43. The number of carboxylic acids is 1. The van der Waals surface area contributed by atoms with Gasteiger partial charge in [-0.05, 0) is 57.4 Å².